The first-order valence-electron chi connectivity index (χ1n) is 22.7. The predicted molar refractivity (Wildman–Crippen MR) is 212 cm³/mol. The summed E-state index contributed by atoms with van der Waals surface area (Å²) < 4.78 is 24.2. The topological polar surface area (TPSA) is 94.5 Å². The van der Waals surface area contributed by atoms with Crippen LogP contribution in [0, 0.1) is 28.6 Å². The first-order valence-corrected chi connectivity index (χ1v) is 22.7. The van der Waals surface area contributed by atoms with Gasteiger partial charge in [-0.15, -0.1) is 0 Å². The van der Waals surface area contributed by atoms with Gasteiger partial charge in [0.2, 0.25) is 0 Å². The van der Waals surface area contributed by atoms with Crippen molar-refractivity contribution in [3.8, 4) is 0 Å². The lowest BCUT2D eigenvalue weighted by molar-refractivity contribution is -0.160. The van der Waals surface area contributed by atoms with Gasteiger partial charge in [-0.2, -0.15) is 0 Å². The van der Waals surface area contributed by atoms with E-state index in [9.17, 15) is 14.7 Å². The van der Waals surface area contributed by atoms with E-state index in [0.717, 1.165) is 88.8 Å². The number of rotatable bonds is 31. The van der Waals surface area contributed by atoms with Gasteiger partial charge < -0.3 is 29.0 Å². The predicted octanol–water partition coefficient (Wildman–Crippen LogP) is 10.2. The molecule has 4 aliphatic carbocycles. The van der Waals surface area contributed by atoms with Crippen LogP contribution in [0.15, 0.2) is 0 Å². The van der Waals surface area contributed by atoms with E-state index < -0.39 is 0 Å². The monoisotopic (exact) mass is 748 g/mol. The Morgan fingerprint density at radius 3 is 1.70 bits per heavy atom. The van der Waals surface area contributed by atoms with Crippen LogP contribution in [0.3, 0.4) is 0 Å². The summed E-state index contributed by atoms with van der Waals surface area (Å²) in [6.45, 7) is 9.93. The van der Waals surface area contributed by atoms with Crippen LogP contribution >= 0.6 is 0 Å². The van der Waals surface area contributed by atoms with Gasteiger partial charge in [0.25, 0.3) is 0 Å². The lowest BCUT2D eigenvalue weighted by Crippen LogP contribution is -2.47. The molecular weight excluding hydrogens is 666 g/mol. The van der Waals surface area contributed by atoms with E-state index in [1.807, 2.05) is 0 Å². The third kappa shape index (κ3) is 16.8. The fourth-order valence-electron chi connectivity index (χ4n) is 10.7. The van der Waals surface area contributed by atoms with Gasteiger partial charge in [-0.25, -0.2) is 0 Å². The van der Waals surface area contributed by atoms with E-state index in [2.05, 4.69) is 18.7 Å². The van der Waals surface area contributed by atoms with Crippen LogP contribution in [-0.4, -0.2) is 80.9 Å². The Balaban J connectivity index is 1.19. The van der Waals surface area contributed by atoms with E-state index in [1.165, 1.54) is 103 Å². The van der Waals surface area contributed by atoms with Crippen molar-refractivity contribution >= 4 is 11.9 Å². The maximum Gasteiger partial charge on any atom is 0.306 e. The standard InChI is InChI=1S/C45H81NO7/c1-3-5-7-9-11-15-27-52-43(53-28-16-12-10-8-6-4-2)18-17-41(48)50-29-21-44(19-24-46(25-20-44)23-13-14-26-47)22-30-51-42(49)37-45-34-38-31-39(35-45)33-40(32-38)36-45/h38-40,43,47H,3-37H2,1-2H3. The van der Waals surface area contributed by atoms with Crippen molar-refractivity contribution in [1.82, 2.24) is 4.90 Å². The molecule has 0 unspecified atom stereocenters. The molecule has 0 aromatic heterocycles. The van der Waals surface area contributed by atoms with Crippen LogP contribution < -0.4 is 0 Å². The number of carbonyl (C=O) groups is 2. The SMILES string of the molecule is CCCCCCCCOC(CCC(=O)OCCC1(CCOC(=O)CC23CC4CC(CC(C4)C2)C3)CCN(CCCCO)CC1)OCCCCCCCC. The zero-order chi connectivity index (χ0) is 37.6. The fourth-order valence-corrected chi connectivity index (χ4v) is 10.7. The van der Waals surface area contributed by atoms with Crippen molar-refractivity contribution in [1.29, 1.82) is 0 Å². The summed E-state index contributed by atoms with van der Waals surface area (Å²) >= 11 is 0. The Morgan fingerprint density at radius 1 is 0.660 bits per heavy atom. The number of piperidine rings is 1. The van der Waals surface area contributed by atoms with Gasteiger partial charge >= 0.3 is 11.9 Å². The van der Waals surface area contributed by atoms with E-state index in [1.54, 1.807) is 0 Å². The molecular formula is C45H81NO7. The Hall–Kier alpha value is -1.22. The number of carbonyl (C=O) groups excluding carboxylic acids is 2. The number of hydrogen-bond donors (Lipinski definition) is 1. The highest BCUT2D eigenvalue weighted by atomic mass is 16.7. The van der Waals surface area contributed by atoms with Crippen molar-refractivity contribution in [2.75, 3.05) is 52.7 Å². The van der Waals surface area contributed by atoms with Gasteiger partial charge in [0.05, 0.1) is 26.1 Å². The number of esters is 2. The largest absolute Gasteiger partial charge is 0.466 e. The molecule has 4 bridgehead atoms. The Kier molecular flexibility index (Phi) is 21.1. The van der Waals surface area contributed by atoms with Gasteiger partial charge in [0, 0.05) is 26.2 Å². The van der Waals surface area contributed by atoms with E-state index in [0.29, 0.717) is 45.7 Å². The maximum atomic E-state index is 13.2. The molecule has 1 saturated heterocycles. The molecule has 1 aliphatic heterocycles. The summed E-state index contributed by atoms with van der Waals surface area (Å²) in [6.07, 6.45) is 29.0. The summed E-state index contributed by atoms with van der Waals surface area (Å²) in [6, 6.07) is 0. The average Bonchev–Trinajstić information content (AvgIpc) is 3.13. The molecule has 5 fully saturated rings. The number of hydrogen-bond acceptors (Lipinski definition) is 8. The van der Waals surface area contributed by atoms with Gasteiger partial charge in [-0.05, 0) is 138 Å². The molecule has 4 saturated carbocycles. The van der Waals surface area contributed by atoms with Crippen LogP contribution in [0.1, 0.15) is 187 Å². The molecule has 0 aromatic rings. The highest BCUT2D eigenvalue weighted by molar-refractivity contribution is 5.70. The van der Waals surface area contributed by atoms with Crippen LogP contribution in [0.4, 0.5) is 0 Å². The minimum absolute atomic E-state index is 0.00180. The third-order valence-corrected chi connectivity index (χ3v) is 13.5. The van der Waals surface area contributed by atoms with Crippen molar-refractivity contribution in [3.63, 3.8) is 0 Å². The van der Waals surface area contributed by atoms with Crippen molar-refractivity contribution in [2.45, 2.75) is 193 Å². The summed E-state index contributed by atoms with van der Waals surface area (Å²) in [7, 11) is 0. The number of likely N-dealkylation sites (tertiary alicyclic amines) is 1. The maximum absolute atomic E-state index is 13.2. The quantitative estimate of drug-likeness (QED) is 0.0426. The molecule has 8 nitrogen and oxygen atoms in total. The molecule has 53 heavy (non-hydrogen) atoms. The minimum Gasteiger partial charge on any atom is -0.466 e. The summed E-state index contributed by atoms with van der Waals surface area (Å²) in [5, 5.41) is 9.25. The van der Waals surface area contributed by atoms with Crippen molar-refractivity contribution in [2.24, 2.45) is 28.6 Å². The Morgan fingerprint density at radius 2 is 1.17 bits per heavy atom. The van der Waals surface area contributed by atoms with E-state index in [-0.39, 0.29) is 35.7 Å². The van der Waals surface area contributed by atoms with Gasteiger partial charge in [-0.1, -0.05) is 78.1 Å². The van der Waals surface area contributed by atoms with Crippen LogP contribution in [0.2, 0.25) is 0 Å². The molecule has 308 valence electrons. The summed E-state index contributed by atoms with van der Waals surface area (Å²) in [5.74, 6) is 2.33. The molecule has 8 heteroatoms. The lowest BCUT2D eigenvalue weighted by atomic mass is 9.49. The van der Waals surface area contributed by atoms with Gasteiger partial charge in [-0.3, -0.25) is 9.59 Å². The van der Waals surface area contributed by atoms with E-state index >= 15 is 0 Å². The average molecular weight is 748 g/mol. The third-order valence-electron chi connectivity index (χ3n) is 13.5. The molecule has 1 N–H and O–H groups in total. The molecule has 1 heterocycles. The molecule has 5 rings (SSSR count). The zero-order valence-corrected chi connectivity index (χ0v) is 34.4. The second-order valence-corrected chi connectivity index (χ2v) is 18.1. The Bertz CT molecular complexity index is 942. The Labute approximate surface area is 324 Å². The highest BCUT2D eigenvalue weighted by Gasteiger charge is 2.51. The number of aliphatic hydroxyl groups is 1. The number of nitrogens with zero attached hydrogens (tertiary/aromatic N) is 1. The number of aliphatic hydroxyl groups excluding tert-OH is 1. The van der Waals surface area contributed by atoms with Gasteiger partial charge in [0.1, 0.15) is 0 Å². The van der Waals surface area contributed by atoms with Crippen molar-refractivity contribution in [3.05, 3.63) is 0 Å². The number of ether oxygens (including phenoxy) is 4. The first kappa shape index (κ1) is 44.5. The molecule has 5 aliphatic rings. The molecule has 0 spiro atoms. The highest BCUT2D eigenvalue weighted by Crippen LogP contribution is 2.61. The fraction of sp³-hybridized carbons (Fsp3) is 0.956. The molecule has 0 atom stereocenters. The van der Waals surface area contributed by atoms with E-state index in [4.69, 9.17) is 18.9 Å². The molecule has 0 radical (unpaired) electrons. The summed E-state index contributed by atoms with van der Waals surface area (Å²) in [4.78, 5) is 28.7. The second kappa shape index (κ2) is 25.1. The smallest absolute Gasteiger partial charge is 0.306 e. The normalized spacial score (nSPS) is 24.9. The van der Waals surface area contributed by atoms with Crippen LogP contribution in [0.25, 0.3) is 0 Å². The second-order valence-electron chi connectivity index (χ2n) is 18.1. The van der Waals surface area contributed by atoms with Gasteiger partial charge in [0.15, 0.2) is 6.29 Å². The molecule has 0 amide bonds. The number of unbranched alkanes of at least 4 members (excludes halogenated alkanes) is 11. The van der Waals surface area contributed by atoms with Crippen LogP contribution in [0.5, 0.6) is 0 Å². The zero-order valence-electron chi connectivity index (χ0n) is 34.4. The molecule has 0 aromatic carbocycles. The lowest BCUT2D eigenvalue weighted by Gasteiger charge is -2.56. The van der Waals surface area contributed by atoms with Crippen LogP contribution in [-0.2, 0) is 28.5 Å². The summed E-state index contributed by atoms with van der Waals surface area (Å²) in [5.41, 5.74) is 0.201. The van der Waals surface area contributed by atoms with Crippen molar-refractivity contribution < 1.29 is 33.6 Å². The minimum atomic E-state index is -0.358. The first-order chi connectivity index (χ1) is 25.9.